The van der Waals surface area contributed by atoms with Crippen LogP contribution in [0.3, 0.4) is 0 Å². The molecule has 8 aromatic rings. The van der Waals surface area contributed by atoms with E-state index in [0.29, 0.717) is 5.92 Å². The maximum Gasteiger partial charge on any atom is 0.137 e. The van der Waals surface area contributed by atoms with Gasteiger partial charge in [-0.25, -0.2) is 10.0 Å². The van der Waals surface area contributed by atoms with Gasteiger partial charge in [0.1, 0.15) is 5.82 Å². The van der Waals surface area contributed by atoms with Crippen LogP contribution in [0.15, 0.2) is 158 Å². The van der Waals surface area contributed by atoms with Crippen LogP contribution < -0.4 is 10.1 Å². The standard InChI is InChI=1S/C46H36N4O/c1-30(2)31-25-26-47-45(27-31)49-41-20-9-6-17-37(41)38-24-23-33(29-44(38)49)46(39-18-7-4-15-35(39)36-16-5-8-19-40(36)46)32-13-12-14-34(28-32)50-43-22-11-10-21-42(43)48(3)51-50/h4-30H,1-3H3. The Labute approximate surface area is 297 Å². The molecule has 0 fully saturated rings. The van der Waals surface area contributed by atoms with Crippen molar-refractivity contribution in [1.82, 2.24) is 9.55 Å². The number of para-hydroxylation sites is 3. The molecule has 3 heterocycles. The summed E-state index contributed by atoms with van der Waals surface area (Å²) in [7, 11) is 1.95. The third kappa shape index (κ3) is 4.22. The fourth-order valence-electron chi connectivity index (χ4n) is 8.55. The molecule has 0 bridgehead atoms. The van der Waals surface area contributed by atoms with E-state index in [-0.39, 0.29) is 0 Å². The van der Waals surface area contributed by atoms with Gasteiger partial charge in [0.05, 0.1) is 33.5 Å². The second-order valence-corrected chi connectivity index (χ2v) is 13.9. The van der Waals surface area contributed by atoms with Crippen molar-refractivity contribution in [3.8, 4) is 16.9 Å². The molecule has 0 saturated heterocycles. The number of aromatic nitrogens is 2. The van der Waals surface area contributed by atoms with Crippen LogP contribution in [0.4, 0.5) is 17.1 Å². The minimum atomic E-state index is -0.600. The van der Waals surface area contributed by atoms with E-state index < -0.39 is 5.41 Å². The highest BCUT2D eigenvalue weighted by atomic mass is 16.8. The lowest BCUT2D eigenvalue weighted by Crippen LogP contribution is -2.29. The highest BCUT2D eigenvalue weighted by Crippen LogP contribution is 2.57. The van der Waals surface area contributed by atoms with Gasteiger partial charge >= 0.3 is 0 Å². The Hall–Kier alpha value is -6.17. The Morgan fingerprint density at radius 2 is 1.25 bits per heavy atom. The molecule has 0 atom stereocenters. The number of rotatable bonds is 5. The Kier molecular flexibility index (Phi) is 6.51. The number of hydrogen-bond acceptors (Lipinski definition) is 4. The van der Waals surface area contributed by atoms with Gasteiger partial charge in [0.15, 0.2) is 0 Å². The van der Waals surface area contributed by atoms with Crippen molar-refractivity contribution in [1.29, 1.82) is 0 Å². The Morgan fingerprint density at radius 1 is 0.588 bits per heavy atom. The third-order valence-electron chi connectivity index (χ3n) is 10.9. The van der Waals surface area contributed by atoms with Gasteiger partial charge < -0.3 is 0 Å². The van der Waals surface area contributed by atoms with Gasteiger partial charge in [-0.15, -0.1) is 4.94 Å². The summed E-state index contributed by atoms with van der Waals surface area (Å²) in [5.74, 6) is 1.32. The number of benzene rings is 6. The maximum absolute atomic E-state index is 6.35. The van der Waals surface area contributed by atoms with E-state index in [1.54, 1.807) is 0 Å². The summed E-state index contributed by atoms with van der Waals surface area (Å²) in [6.07, 6.45) is 1.95. The summed E-state index contributed by atoms with van der Waals surface area (Å²) >= 11 is 0. The normalized spacial score (nSPS) is 14.4. The van der Waals surface area contributed by atoms with E-state index in [1.165, 1.54) is 49.7 Å². The molecule has 5 heteroatoms. The molecule has 51 heavy (non-hydrogen) atoms. The van der Waals surface area contributed by atoms with Gasteiger partial charge in [0, 0.05) is 24.0 Å². The first-order chi connectivity index (χ1) is 25.0. The highest BCUT2D eigenvalue weighted by Gasteiger charge is 2.46. The quantitative estimate of drug-likeness (QED) is 0.184. The molecule has 2 aromatic heterocycles. The topological polar surface area (TPSA) is 33.5 Å². The van der Waals surface area contributed by atoms with Gasteiger partial charge in [0.2, 0.25) is 0 Å². The summed E-state index contributed by atoms with van der Waals surface area (Å²) in [4.78, 5) is 11.3. The van der Waals surface area contributed by atoms with Crippen molar-refractivity contribution >= 4 is 38.9 Å². The largest absolute Gasteiger partial charge is 0.294 e. The van der Waals surface area contributed by atoms with Crippen LogP contribution in [0, 0.1) is 0 Å². The van der Waals surface area contributed by atoms with E-state index >= 15 is 0 Å². The van der Waals surface area contributed by atoms with Crippen LogP contribution in [-0.4, -0.2) is 16.6 Å². The third-order valence-corrected chi connectivity index (χ3v) is 10.9. The van der Waals surface area contributed by atoms with Crippen LogP contribution in [0.5, 0.6) is 0 Å². The average molecular weight is 661 g/mol. The molecular formula is C46H36N4O. The molecule has 1 aliphatic carbocycles. The lowest BCUT2D eigenvalue weighted by Gasteiger charge is -2.34. The van der Waals surface area contributed by atoms with E-state index in [4.69, 9.17) is 9.92 Å². The predicted octanol–water partition coefficient (Wildman–Crippen LogP) is 11.1. The van der Waals surface area contributed by atoms with Crippen molar-refractivity contribution in [2.45, 2.75) is 25.2 Å². The summed E-state index contributed by atoms with van der Waals surface area (Å²) in [6, 6.07) is 55.1. The zero-order chi connectivity index (χ0) is 34.3. The molecule has 5 nitrogen and oxygen atoms in total. The summed E-state index contributed by atoms with van der Waals surface area (Å²) < 4.78 is 2.35. The molecule has 0 N–H and O–H groups in total. The molecule has 6 aromatic carbocycles. The van der Waals surface area contributed by atoms with Crippen molar-refractivity contribution in [3.63, 3.8) is 0 Å². The summed E-state index contributed by atoms with van der Waals surface area (Å²) in [5.41, 5.74) is 13.4. The molecule has 2 aliphatic rings. The Morgan fingerprint density at radius 3 is 2.04 bits per heavy atom. The van der Waals surface area contributed by atoms with Crippen molar-refractivity contribution in [2.75, 3.05) is 17.2 Å². The number of hydrogen-bond donors (Lipinski definition) is 0. The SMILES string of the molecule is CC(C)c1ccnc(-n2c3ccccc3c3ccc(C4(c5cccc(N6ON(C)c7ccccc76)c5)c5ccccc5-c5ccccc54)cc32)c1. The van der Waals surface area contributed by atoms with E-state index in [2.05, 4.69) is 164 Å². The number of nitrogens with zero attached hydrogens (tertiary/aromatic N) is 4. The minimum absolute atomic E-state index is 0.392. The monoisotopic (exact) mass is 660 g/mol. The van der Waals surface area contributed by atoms with Gasteiger partial charge in [-0.1, -0.05) is 117 Å². The second-order valence-electron chi connectivity index (χ2n) is 13.9. The summed E-state index contributed by atoms with van der Waals surface area (Å²) in [5, 5.41) is 6.19. The predicted molar refractivity (Wildman–Crippen MR) is 208 cm³/mol. The van der Waals surface area contributed by atoms with Gasteiger partial charge in [-0.2, -0.15) is 5.06 Å². The van der Waals surface area contributed by atoms with Gasteiger partial charge in [-0.05, 0) is 93.4 Å². The number of anilines is 3. The second kappa shape index (κ2) is 11.2. The number of fused-ring (bicyclic) bond motifs is 7. The molecule has 0 unspecified atom stereocenters. The van der Waals surface area contributed by atoms with Crippen molar-refractivity contribution in [3.05, 3.63) is 186 Å². The Bertz CT molecular complexity index is 2610. The lowest BCUT2D eigenvalue weighted by atomic mass is 9.67. The molecule has 0 radical (unpaired) electrons. The first-order valence-electron chi connectivity index (χ1n) is 17.6. The molecule has 0 spiro atoms. The fourth-order valence-corrected chi connectivity index (χ4v) is 8.55. The number of pyridine rings is 1. The Balaban J connectivity index is 1.28. The first kappa shape index (κ1) is 29.7. The molecule has 246 valence electrons. The molecular weight excluding hydrogens is 625 g/mol. The van der Waals surface area contributed by atoms with Crippen LogP contribution in [0.1, 0.15) is 47.6 Å². The molecule has 10 rings (SSSR count). The summed E-state index contributed by atoms with van der Waals surface area (Å²) in [6.45, 7) is 4.47. The van der Waals surface area contributed by atoms with Crippen LogP contribution in [-0.2, 0) is 10.4 Å². The average Bonchev–Trinajstić information content (AvgIpc) is 3.81. The highest BCUT2D eigenvalue weighted by molar-refractivity contribution is 6.09. The smallest absolute Gasteiger partial charge is 0.137 e. The van der Waals surface area contributed by atoms with Crippen LogP contribution in [0.25, 0.3) is 38.8 Å². The van der Waals surface area contributed by atoms with Crippen molar-refractivity contribution < 1.29 is 4.94 Å². The maximum atomic E-state index is 6.35. The van der Waals surface area contributed by atoms with Crippen LogP contribution in [0.2, 0.25) is 0 Å². The zero-order valence-corrected chi connectivity index (χ0v) is 28.8. The first-order valence-corrected chi connectivity index (χ1v) is 17.6. The molecule has 0 amide bonds. The molecule has 0 saturated carbocycles. The van der Waals surface area contributed by atoms with Crippen molar-refractivity contribution in [2.24, 2.45) is 0 Å². The van der Waals surface area contributed by atoms with E-state index in [1.807, 2.05) is 29.4 Å². The van der Waals surface area contributed by atoms with E-state index in [9.17, 15) is 0 Å². The van der Waals surface area contributed by atoms with Gasteiger partial charge in [0.25, 0.3) is 0 Å². The van der Waals surface area contributed by atoms with E-state index in [0.717, 1.165) is 33.9 Å². The van der Waals surface area contributed by atoms with Crippen LogP contribution >= 0.6 is 0 Å². The fraction of sp³-hybridized carbons (Fsp3) is 0.109. The number of hydroxylamine groups is 1. The minimum Gasteiger partial charge on any atom is -0.294 e. The molecule has 1 aliphatic heterocycles. The lowest BCUT2D eigenvalue weighted by molar-refractivity contribution is 0.142. The zero-order valence-electron chi connectivity index (χ0n) is 28.8. The van der Waals surface area contributed by atoms with Gasteiger partial charge in [-0.3, -0.25) is 4.57 Å².